The molecule has 0 radical (unpaired) electrons. The SMILES string of the molecule is COC(=O)c1cccc2[nH]c(N3CCN(c4ccc5n[nH]nc5n4)CC3)nc12. The number of benzene rings is 1. The smallest absolute Gasteiger partial charge is 0.340 e. The van der Waals surface area contributed by atoms with Crippen LogP contribution in [0.15, 0.2) is 30.3 Å². The first kappa shape index (κ1) is 16.5. The Labute approximate surface area is 159 Å². The minimum absolute atomic E-state index is 0.386. The lowest BCUT2D eigenvalue weighted by Gasteiger charge is -2.35. The number of aromatic nitrogens is 6. The van der Waals surface area contributed by atoms with Crippen LogP contribution in [0.3, 0.4) is 0 Å². The molecule has 0 spiro atoms. The fraction of sp³-hybridized carbons (Fsp3) is 0.278. The molecule has 0 unspecified atom stereocenters. The van der Waals surface area contributed by atoms with E-state index >= 15 is 0 Å². The maximum atomic E-state index is 12.0. The molecule has 28 heavy (non-hydrogen) atoms. The number of fused-ring (bicyclic) bond motifs is 2. The van der Waals surface area contributed by atoms with Gasteiger partial charge in [0.1, 0.15) is 16.9 Å². The number of carbonyl (C=O) groups excluding carboxylic acids is 1. The molecule has 0 bridgehead atoms. The molecular formula is C18H18N8O2. The lowest BCUT2D eigenvalue weighted by molar-refractivity contribution is 0.0603. The second kappa shape index (κ2) is 6.48. The zero-order chi connectivity index (χ0) is 19.1. The third-order valence-electron chi connectivity index (χ3n) is 4.97. The Bertz CT molecular complexity index is 1160. The Kier molecular flexibility index (Phi) is 3.81. The van der Waals surface area contributed by atoms with Crippen molar-refractivity contribution < 1.29 is 9.53 Å². The Balaban J connectivity index is 1.35. The summed E-state index contributed by atoms with van der Waals surface area (Å²) in [4.78, 5) is 28.9. The van der Waals surface area contributed by atoms with Crippen molar-refractivity contribution in [3.63, 3.8) is 0 Å². The minimum atomic E-state index is -0.386. The average Bonchev–Trinajstić information content (AvgIpc) is 3.39. The minimum Gasteiger partial charge on any atom is -0.465 e. The molecule has 10 nitrogen and oxygen atoms in total. The summed E-state index contributed by atoms with van der Waals surface area (Å²) >= 11 is 0. The molecule has 2 N–H and O–H groups in total. The molecule has 4 heterocycles. The third-order valence-corrected chi connectivity index (χ3v) is 4.97. The number of H-pyrrole nitrogens is 2. The van der Waals surface area contributed by atoms with E-state index in [1.165, 1.54) is 7.11 Å². The predicted octanol–water partition coefficient (Wildman–Crippen LogP) is 1.34. The standard InChI is InChI=1S/C18H18N8O2/c1-28-17(27)11-3-2-4-12-15(11)21-18(19-12)26-9-7-25(8-10-26)14-6-5-13-16(20-14)23-24-22-13/h2-6H,7-10H2,1H3,(H,19,21)(H,20,22,23,24). The van der Waals surface area contributed by atoms with E-state index in [9.17, 15) is 4.79 Å². The fourth-order valence-corrected chi connectivity index (χ4v) is 3.49. The van der Waals surface area contributed by atoms with Gasteiger partial charge in [-0.25, -0.2) is 14.8 Å². The van der Waals surface area contributed by atoms with E-state index in [-0.39, 0.29) is 5.97 Å². The molecule has 5 rings (SSSR count). The van der Waals surface area contributed by atoms with Crippen LogP contribution in [-0.4, -0.2) is 69.6 Å². The molecule has 0 aliphatic carbocycles. The summed E-state index contributed by atoms with van der Waals surface area (Å²) in [6.07, 6.45) is 0. The van der Waals surface area contributed by atoms with Crippen molar-refractivity contribution in [2.24, 2.45) is 0 Å². The van der Waals surface area contributed by atoms with Crippen LogP contribution < -0.4 is 9.80 Å². The van der Waals surface area contributed by atoms with E-state index in [1.54, 1.807) is 6.07 Å². The molecule has 1 saturated heterocycles. The highest BCUT2D eigenvalue weighted by Gasteiger charge is 2.22. The van der Waals surface area contributed by atoms with Crippen LogP contribution in [0.4, 0.5) is 11.8 Å². The van der Waals surface area contributed by atoms with Gasteiger partial charge in [0.25, 0.3) is 0 Å². The first-order valence-electron chi connectivity index (χ1n) is 8.97. The molecule has 1 fully saturated rings. The highest BCUT2D eigenvalue weighted by molar-refractivity contribution is 6.02. The van der Waals surface area contributed by atoms with Crippen molar-refractivity contribution in [2.75, 3.05) is 43.1 Å². The molecule has 0 saturated carbocycles. The van der Waals surface area contributed by atoms with Crippen molar-refractivity contribution in [2.45, 2.75) is 0 Å². The molecule has 10 heteroatoms. The van der Waals surface area contributed by atoms with Crippen LogP contribution in [0, 0.1) is 0 Å². The first-order valence-corrected chi connectivity index (χ1v) is 8.97. The fourth-order valence-electron chi connectivity index (χ4n) is 3.49. The van der Waals surface area contributed by atoms with Gasteiger partial charge in [-0.3, -0.25) is 0 Å². The molecular weight excluding hydrogens is 360 g/mol. The largest absolute Gasteiger partial charge is 0.465 e. The lowest BCUT2D eigenvalue weighted by atomic mass is 10.2. The Hall–Kier alpha value is -3.69. The highest BCUT2D eigenvalue weighted by atomic mass is 16.5. The van der Waals surface area contributed by atoms with Gasteiger partial charge in [0, 0.05) is 26.2 Å². The van der Waals surface area contributed by atoms with Gasteiger partial charge in [0.2, 0.25) is 11.6 Å². The predicted molar refractivity (Wildman–Crippen MR) is 104 cm³/mol. The lowest BCUT2D eigenvalue weighted by Crippen LogP contribution is -2.47. The van der Waals surface area contributed by atoms with E-state index in [0.29, 0.717) is 16.7 Å². The number of nitrogens with zero attached hydrogens (tertiary/aromatic N) is 6. The second-order valence-corrected chi connectivity index (χ2v) is 6.56. The number of esters is 1. The normalized spacial score (nSPS) is 14.8. The maximum Gasteiger partial charge on any atom is 0.340 e. The van der Waals surface area contributed by atoms with Gasteiger partial charge >= 0.3 is 5.97 Å². The summed E-state index contributed by atoms with van der Waals surface area (Å²) in [5.74, 6) is 1.26. The summed E-state index contributed by atoms with van der Waals surface area (Å²) in [6, 6.07) is 9.33. The number of para-hydroxylation sites is 1. The molecule has 0 atom stereocenters. The number of hydrogen-bond acceptors (Lipinski definition) is 8. The van der Waals surface area contributed by atoms with Crippen molar-refractivity contribution in [3.05, 3.63) is 35.9 Å². The van der Waals surface area contributed by atoms with Gasteiger partial charge in [0.15, 0.2) is 0 Å². The van der Waals surface area contributed by atoms with Crippen LogP contribution in [0.5, 0.6) is 0 Å². The van der Waals surface area contributed by atoms with Gasteiger partial charge in [-0.1, -0.05) is 6.07 Å². The molecule has 142 valence electrons. The summed E-state index contributed by atoms with van der Waals surface area (Å²) in [6.45, 7) is 3.17. The van der Waals surface area contributed by atoms with E-state index < -0.39 is 0 Å². The van der Waals surface area contributed by atoms with E-state index in [0.717, 1.165) is 49.0 Å². The Morgan fingerprint density at radius 2 is 1.86 bits per heavy atom. The number of ether oxygens (including phenoxy) is 1. The number of imidazole rings is 1. The molecule has 0 amide bonds. The van der Waals surface area contributed by atoms with Crippen LogP contribution >= 0.6 is 0 Å². The number of rotatable bonds is 3. The maximum absolute atomic E-state index is 12.0. The monoisotopic (exact) mass is 378 g/mol. The first-order chi connectivity index (χ1) is 13.7. The van der Waals surface area contributed by atoms with E-state index in [4.69, 9.17) is 4.74 Å². The number of carbonyl (C=O) groups is 1. The van der Waals surface area contributed by atoms with Crippen LogP contribution in [0.25, 0.3) is 22.2 Å². The summed E-state index contributed by atoms with van der Waals surface area (Å²) in [5.41, 5.74) is 3.29. The van der Waals surface area contributed by atoms with Gasteiger partial charge in [-0.2, -0.15) is 10.3 Å². The average molecular weight is 378 g/mol. The number of nitrogens with one attached hydrogen (secondary N) is 2. The summed E-state index contributed by atoms with van der Waals surface area (Å²) in [7, 11) is 1.37. The van der Waals surface area contributed by atoms with E-state index in [1.807, 2.05) is 24.3 Å². The molecule has 3 aromatic heterocycles. The number of hydrogen-bond donors (Lipinski definition) is 2. The van der Waals surface area contributed by atoms with Crippen LogP contribution in [0.2, 0.25) is 0 Å². The van der Waals surface area contributed by atoms with Crippen molar-refractivity contribution >= 4 is 39.9 Å². The van der Waals surface area contributed by atoms with Gasteiger partial charge < -0.3 is 19.5 Å². The van der Waals surface area contributed by atoms with Crippen molar-refractivity contribution in [1.82, 2.24) is 30.4 Å². The number of anilines is 2. The summed E-state index contributed by atoms with van der Waals surface area (Å²) in [5, 5.41) is 10.7. The number of aromatic amines is 2. The Morgan fingerprint density at radius 3 is 2.68 bits per heavy atom. The van der Waals surface area contributed by atoms with Crippen LogP contribution in [-0.2, 0) is 4.74 Å². The van der Waals surface area contributed by atoms with E-state index in [2.05, 4.69) is 40.2 Å². The van der Waals surface area contributed by atoms with Crippen molar-refractivity contribution in [1.29, 1.82) is 0 Å². The topological polar surface area (TPSA) is 116 Å². The van der Waals surface area contributed by atoms with Gasteiger partial charge in [-0.15, -0.1) is 5.10 Å². The van der Waals surface area contributed by atoms with Crippen LogP contribution in [0.1, 0.15) is 10.4 Å². The molecule has 1 aliphatic rings. The van der Waals surface area contributed by atoms with Gasteiger partial charge in [-0.05, 0) is 24.3 Å². The number of methoxy groups -OCH3 is 1. The highest BCUT2D eigenvalue weighted by Crippen LogP contribution is 2.23. The molecule has 1 aromatic carbocycles. The second-order valence-electron chi connectivity index (χ2n) is 6.56. The van der Waals surface area contributed by atoms with Gasteiger partial charge in [0.05, 0.1) is 18.2 Å². The quantitative estimate of drug-likeness (QED) is 0.513. The zero-order valence-corrected chi connectivity index (χ0v) is 15.2. The molecule has 1 aliphatic heterocycles. The zero-order valence-electron chi connectivity index (χ0n) is 15.2. The molecule has 4 aromatic rings. The third kappa shape index (κ3) is 2.70. The number of pyridine rings is 1. The Morgan fingerprint density at radius 1 is 1.04 bits per heavy atom. The number of piperazine rings is 1. The van der Waals surface area contributed by atoms with Crippen molar-refractivity contribution in [3.8, 4) is 0 Å². The summed E-state index contributed by atoms with van der Waals surface area (Å²) < 4.78 is 4.86.